The monoisotopic (exact) mass is 368 g/mol. The van der Waals surface area contributed by atoms with Gasteiger partial charge in [0.25, 0.3) is 5.91 Å². The van der Waals surface area contributed by atoms with Crippen LogP contribution in [0.3, 0.4) is 0 Å². The zero-order valence-corrected chi connectivity index (χ0v) is 16.0. The predicted molar refractivity (Wildman–Crippen MR) is 104 cm³/mol. The van der Waals surface area contributed by atoms with Gasteiger partial charge in [-0.25, -0.2) is 0 Å². The number of aryl methyl sites for hydroxylation is 1. The predicted octanol–water partition coefficient (Wildman–Crippen LogP) is 3.72. The summed E-state index contributed by atoms with van der Waals surface area (Å²) in [6.45, 7) is 7.17. The first kappa shape index (κ1) is 18.1. The number of benzene rings is 1. The van der Waals surface area contributed by atoms with Crippen molar-refractivity contribution in [2.45, 2.75) is 32.8 Å². The van der Waals surface area contributed by atoms with Gasteiger partial charge in [0.15, 0.2) is 5.76 Å². The molecule has 1 aromatic carbocycles. The van der Waals surface area contributed by atoms with Crippen molar-refractivity contribution in [3.8, 4) is 5.75 Å². The molecule has 1 aromatic heterocycles. The summed E-state index contributed by atoms with van der Waals surface area (Å²) in [6.07, 6.45) is 3.78. The Labute approximate surface area is 160 Å². The number of amides is 1. The van der Waals surface area contributed by atoms with Gasteiger partial charge < -0.3 is 19.0 Å². The van der Waals surface area contributed by atoms with Crippen molar-refractivity contribution in [2.75, 3.05) is 32.7 Å². The molecule has 144 valence electrons. The van der Waals surface area contributed by atoms with Crippen molar-refractivity contribution in [1.29, 1.82) is 0 Å². The van der Waals surface area contributed by atoms with Gasteiger partial charge in [-0.2, -0.15) is 0 Å². The van der Waals surface area contributed by atoms with Crippen LogP contribution >= 0.6 is 0 Å². The molecule has 4 rings (SSSR count). The molecule has 0 N–H and O–H groups in total. The Morgan fingerprint density at radius 3 is 2.78 bits per heavy atom. The number of hydrogen-bond acceptors (Lipinski definition) is 4. The van der Waals surface area contributed by atoms with E-state index in [9.17, 15) is 4.79 Å². The van der Waals surface area contributed by atoms with E-state index in [0.717, 1.165) is 49.8 Å². The van der Waals surface area contributed by atoms with Crippen LogP contribution in [-0.2, 0) is 6.61 Å². The minimum atomic E-state index is -0.00888. The van der Waals surface area contributed by atoms with Gasteiger partial charge in [0.1, 0.15) is 18.1 Å². The van der Waals surface area contributed by atoms with Gasteiger partial charge in [-0.15, -0.1) is 0 Å². The van der Waals surface area contributed by atoms with Crippen LogP contribution in [0.15, 0.2) is 40.8 Å². The van der Waals surface area contributed by atoms with Crippen LogP contribution in [0.1, 0.15) is 41.1 Å². The fourth-order valence-electron chi connectivity index (χ4n) is 3.62. The first-order valence-corrected chi connectivity index (χ1v) is 9.98. The minimum absolute atomic E-state index is 0.00888. The van der Waals surface area contributed by atoms with E-state index < -0.39 is 0 Å². The maximum Gasteiger partial charge on any atom is 0.289 e. The first-order valence-electron chi connectivity index (χ1n) is 9.98. The smallest absolute Gasteiger partial charge is 0.289 e. The van der Waals surface area contributed by atoms with E-state index in [-0.39, 0.29) is 5.91 Å². The lowest BCUT2D eigenvalue weighted by Gasteiger charge is -2.21. The molecule has 0 bridgehead atoms. The highest BCUT2D eigenvalue weighted by Gasteiger charge is 2.27. The molecule has 1 saturated heterocycles. The number of furan rings is 1. The fourth-order valence-corrected chi connectivity index (χ4v) is 3.62. The molecule has 1 amide bonds. The molecular weight excluding hydrogens is 340 g/mol. The molecule has 1 aliphatic heterocycles. The lowest BCUT2D eigenvalue weighted by atomic mass is 10.2. The Kier molecular flexibility index (Phi) is 5.48. The van der Waals surface area contributed by atoms with Crippen molar-refractivity contribution >= 4 is 5.91 Å². The average molecular weight is 368 g/mol. The molecular formula is C22H28N2O3. The van der Waals surface area contributed by atoms with Crippen LogP contribution in [0.25, 0.3) is 0 Å². The maximum absolute atomic E-state index is 12.8. The molecule has 2 heterocycles. The van der Waals surface area contributed by atoms with Crippen molar-refractivity contribution < 1.29 is 13.9 Å². The third kappa shape index (κ3) is 4.72. The molecule has 2 aliphatic rings. The van der Waals surface area contributed by atoms with Gasteiger partial charge in [-0.3, -0.25) is 4.79 Å². The highest BCUT2D eigenvalue weighted by atomic mass is 16.5. The molecule has 1 aliphatic carbocycles. The van der Waals surface area contributed by atoms with Crippen LogP contribution in [0.2, 0.25) is 0 Å². The Bertz CT molecular complexity index is 781. The number of ether oxygens (including phenoxy) is 1. The molecule has 5 heteroatoms. The van der Waals surface area contributed by atoms with Crippen LogP contribution in [0.4, 0.5) is 0 Å². The summed E-state index contributed by atoms with van der Waals surface area (Å²) >= 11 is 0. The van der Waals surface area contributed by atoms with Gasteiger partial charge in [-0.1, -0.05) is 18.2 Å². The molecule has 0 spiro atoms. The fraction of sp³-hybridized carbons (Fsp3) is 0.500. The number of para-hydroxylation sites is 1. The molecule has 0 atom stereocenters. The maximum atomic E-state index is 12.8. The molecule has 2 fully saturated rings. The standard InChI is InChI=1S/C22H28N2O3/c1-17-5-2-3-6-20(17)26-16-19-9-10-21(27-19)22(25)24-12-4-11-23(13-14-24)15-18-7-8-18/h2-3,5-6,9-10,18H,4,7-8,11-16H2,1H3. The third-order valence-electron chi connectivity index (χ3n) is 5.43. The summed E-state index contributed by atoms with van der Waals surface area (Å²) in [5, 5.41) is 0. The van der Waals surface area contributed by atoms with Crippen molar-refractivity contribution in [3.05, 3.63) is 53.5 Å². The lowest BCUT2D eigenvalue weighted by molar-refractivity contribution is 0.0725. The van der Waals surface area contributed by atoms with E-state index in [2.05, 4.69) is 4.90 Å². The quantitative estimate of drug-likeness (QED) is 0.779. The molecule has 5 nitrogen and oxygen atoms in total. The van der Waals surface area contributed by atoms with Crippen LogP contribution in [0.5, 0.6) is 5.75 Å². The summed E-state index contributed by atoms with van der Waals surface area (Å²) in [6, 6.07) is 11.5. The number of carbonyl (C=O) groups is 1. The van der Waals surface area contributed by atoms with Gasteiger partial charge in [0.2, 0.25) is 0 Å². The zero-order valence-electron chi connectivity index (χ0n) is 16.0. The van der Waals surface area contributed by atoms with Crippen LogP contribution in [-0.4, -0.2) is 48.4 Å². The third-order valence-corrected chi connectivity index (χ3v) is 5.43. The van der Waals surface area contributed by atoms with Crippen molar-refractivity contribution in [1.82, 2.24) is 9.80 Å². The van der Waals surface area contributed by atoms with Crippen molar-refractivity contribution in [2.24, 2.45) is 5.92 Å². The topological polar surface area (TPSA) is 45.9 Å². The highest BCUT2D eigenvalue weighted by Crippen LogP contribution is 2.30. The first-order chi connectivity index (χ1) is 13.2. The van der Waals surface area contributed by atoms with E-state index in [1.165, 1.54) is 19.4 Å². The summed E-state index contributed by atoms with van der Waals surface area (Å²) in [7, 11) is 0. The van der Waals surface area contributed by atoms with Crippen molar-refractivity contribution in [3.63, 3.8) is 0 Å². The second-order valence-corrected chi connectivity index (χ2v) is 7.71. The number of carbonyl (C=O) groups excluding carboxylic acids is 1. The molecule has 0 radical (unpaired) electrons. The normalized spacial score (nSPS) is 18.3. The van der Waals surface area contributed by atoms with E-state index in [1.54, 1.807) is 6.07 Å². The molecule has 0 unspecified atom stereocenters. The number of hydrogen-bond donors (Lipinski definition) is 0. The van der Waals surface area contributed by atoms with Crippen LogP contribution < -0.4 is 4.74 Å². The Hall–Kier alpha value is -2.27. The Balaban J connectivity index is 1.32. The molecule has 2 aromatic rings. The van der Waals surface area contributed by atoms with Gasteiger partial charge >= 0.3 is 0 Å². The summed E-state index contributed by atoms with van der Waals surface area (Å²) in [4.78, 5) is 17.2. The molecule has 1 saturated carbocycles. The zero-order chi connectivity index (χ0) is 18.6. The van der Waals surface area contributed by atoms with Gasteiger partial charge in [0.05, 0.1) is 0 Å². The van der Waals surface area contributed by atoms with E-state index in [4.69, 9.17) is 9.15 Å². The number of rotatable bonds is 6. The Morgan fingerprint density at radius 1 is 1.11 bits per heavy atom. The largest absolute Gasteiger partial charge is 0.485 e. The highest BCUT2D eigenvalue weighted by molar-refractivity contribution is 5.91. The average Bonchev–Trinajstić information content (AvgIpc) is 3.42. The summed E-state index contributed by atoms with van der Waals surface area (Å²) in [5.41, 5.74) is 1.08. The van der Waals surface area contributed by atoms with Gasteiger partial charge in [0, 0.05) is 26.2 Å². The second kappa shape index (κ2) is 8.17. The second-order valence-electron chi connectivity index (χ2n) is 7.71. The molecule has 27 heavy (non-hydrogen) atoms. The van der Waals surface area contributed by atoms with E-state index >= 15 is 0 Å². The van der Waals surface area contributed by atoms with E-state index in [1.807, 2.05) is 42.2 Å². The minimum Gasteiger partial charge on any atom is -0.485 e. The SMILES string of the molecule is Cc1ccccc1OCc1ccc(C(=O)N2CCCN(CC3CC3)CC2)o1. The van der Waals surface area contributed by atoms with E-state index in [0.29, 0.717) is 18.1 Å². The van der Waals surface area contributed by atoms with Crippen LogP contribution in [0, 0.1) is 12.8 Å². The summed E-state index contributed by atoms with van der Waals surface area (Å²) in [5.74, 6) is 2.81. The summed E-state index contributed by atoms with van der Waals surface area (Å²) < 4.78 is 11.6. The number of nitrogens with zero attached hydrogens (tertiary/aromatic N) is 2. The Morgan fingerprint density at radius 2 is 1.96 bits per heavy atom. The van der Waals surface area contributed by atoms with Gasteiger partial charge in [-0.05, 0) is 62.4 Å². The lowest BCUT2D eigenvalue weighted by Crippen LogP contribution is -2.35.